The molecule has 23 heavy (non-hydrogen) atoms. The van der Waals surface area contributed by atoms with Gasteiger partial charge in [0.05, 0.1) is 6.61 Å². The Hall–Kier alpha value is -2.66. The van der Waals surface area contributed by atoms with Crippen molar-refractivity contribution in [3.8, 4) is 11.1 Å². The molecule has 3 aromatic rings. The molecule has 1 aromatic heterocycles. The maximum absolute atomic E-state index is 13.2. The van der Waals surface area contributed by atoms with Crippen LogP contribution >= 0.6 is 0 Å². The van der Waals surface area contributed by atoms with Gasteiger partial charge in [-0.3, -0.25) is 4.79 Å². The van der Waals surface area contributed by atoms with Crippen LogP contribution in [0, 0.1) is 5.82 Å². The monoisotopic (exact) mass is 312 g/mol. The highest BCUT2D eigenvalue weighted by molar-refractivity contribution is 5.97. The third-order valence-electron chi connectivity index (χ3n) is 3.75. The van der Waals surface area contributed by atoms with E-state index < -0.39 is 0 Å². The lowest BCUT2D eigenvalue weighted by atomic mass is 10.0. The zero-order chi connectivity index (χ0) is 16.4. The molecule has 1 atom stereocenters. The second kappa shape index (κ2) is 6.22. The number of amides is 1. The molecule has 0 spiro atoms. The Balaban J connectivity index is 1.88. The Morgan fingerprint density at radius 3 is 2.70 bits per heavy atom. The van der Waals surface area contributed by atoms with Crippen LogP contribution in [0.5, 0.6) is 0 Å². The average Bonchev–Trinajstić information content (AvgIpc) is 2.97. The number of halogens is 1. The van der Waals surface area contributed by atoms with E-state index in [2.05, 4.69) is 10.3 Å². The zero-order valence-corrected chi connectivity index (χ0v) is 12.6. The molecule has 2 aromatic carbocycles. The number of carbonyl (C=O) groups is 1. The molecule has 118 valence electrons. The highest BCUT2D eigenvalue weighted by Crippen LogP contribution is 2.29. The van der Waals surface area contributed by atoms with Crippen molar-refractivity contribution >= 4 is 16.8 Å². The molecule has 0 unspecified atom stereocenters. The molecule has 1 amide bonds. The van der Waals surface area contributed by atoms with Crippen LogP contribution in [0.4, 0.5) is 4.39 Å². The summed E-state index contributed by atoms with van der Waals surface area (Å²) in [6.07, 6.45) is 1.83. The van der Waals surface area contributed by atoms with Crippen molar-refractivity contribution in [1.29, 1.82) is 0 Å². The minimum absolute atomic E-state index is 0.101. The first-order chi connectivity index (χ1) is 11.1. The van der Waals surface area contributed by atoms with Crippen LogP contribution in [0.15, 0.2) is 48.7 Å². The Kier molecular flexibility index (Phi) is 4.12. The molecule has 0 bridgehead atoms. The van der Waals surface area contributed by atoms with E-state index in [1.807, 2.05) is 18.3 Å². The standard InChI is InChI=1S/C18H17FN2O2/c1-11(10-22)21-18(23)13-4-2-12(3-5-13)16-9-20-17-8-14(19)6-7-15(16)17/h2-9,11,20,22H,10H2,1H3,(H,21,23)/t11-/m0/s1. The Morgan fingerprint density at radius 2 is 2.00 bits per heavy atom. The number of carbonyl (C=O) groups excluding carboxylic acids is 1. The largest absolute Gasteiger partial charge is 0.394 e. The van der Waals surface area contributed by atoms with Gasteiger partial charge in [0, 0.05) is 34.3 Å². The number of fused-ring (bicyclic) bond motifs is 1. The van der Waals surface area contributed by atoms with Crippen LogP contribution in [0.1, 0.15) is 17.3 Å². The van der Waals surface area contributed by atoms with E-state index in [0.717, 1.165) is 22.0 Å². The third-order valence-corrected chi connectivity index (χ3v) is 3.75. The fourth-order valence-corrected chi connectivity index (χ4v) is 2.49. The molecule has 3 rings (SSSR count). The minimum atomic E-state index is -0.286. The van der Waals surface area contributed by atoms with Crippen LogP contribution in [-0.4, -0.2) is 28.6 Å². The number of rotatable bonds is 4. The van der Waals surface area contributed by atoms with Gasteiger partial charge in [0.25, 0.3) is 5.91 Å². The van der Waals surface area contributed by atoms with Crippen LogP contribution in [-0.2, 0) is 0 Å². The van der Waals surface area contributed by atoms with Gasteiger partial charge >= 0.3 is 0 Å². The smallest absolute Gasteiger partial charge is 0.251 e. The Bertz CT molecular complexity index is 840. The molecule has 3 N–H and O–H groups in total. The molecule has 4 nitrogen and oxygen atoms in total. The predicted molar refractivity (Wildman–Crippen MR) is 87.7 cm³/mol. The summed E-state index contributed by atoms with van der Waals surface area (Å²) in [4.78, 5) is 15.0. The lowest BCUT2D eigenvalue weighted by Crippen LogP contribution is -2.34. The molecule has 0 aliphatic heterocycles. The van der Waals surface area contributed by atoms with Crippen molar-refractivity contribution in [3.05, 3.63) is 60.0 Å². The van der Waals surface area contributed by atoms with E-state index in [4.69, 9.17) is 5.11 Å². The summed E-state index contributed by atoms with van der Waals surface area (Å²) < 4.78 is 13.2. The van der Waals surface area contributed by atoms with E-state index in [0.29, 0.717) is 5.56 Å². The number of aliphatic hydroxyl groups is 1. The summed E-state index contributed by atoms with van der Waals surface area (Å²) >= 11 is 0. The molecule has 0 saturated heterocycles. The predicted octanol–water partition coefficient (Wildman–Crippen LogP) is 3.08. The number of aromatic amines is 1. The maximum atomic E-state index is 13.2. The minimum Gasteiger partial charge on any atom is -0.394 e. The van der Waals surface area contributed by atoms with Crippen LogP contribution < -0.4 is 5.32 Å². The zero-order valence-electron chi connectivity index (χ0n) is 12.6. The van der Waals surface area contributed by atoms with Crippen LogP contribution in [0.25, 0.3) is 22.0 Å². The summed E-state index contributed by atoms with van der Waals surface area (Å²) in [7, 11) is 0. The number of hydrogen-bond acceptors (Lipinski definition) is 2. The lowest BCUT2D eigenvalue weighted by Gasteiger charge is -2.11. The molecule has 1 heterocycles. The highest BCUT2D eigenvalue weighted by Gasteiger charge is 2.11. The molecule has 0 saturated carbocycles. The van der Waals surface area contributed by atoms with Crippen LogP contribution in [0.2, 0.25) is 0 Å². The van der Waals surface area contributed by atoms with E-state index in [1.165, 1.54) is 12.1 Å². The maximum Gasteiger partial charge on any atom is 0.251 e. The van der Waals surface area contributed by atoms with Gasteiger partial charge in [-0.1, -0.05) is 12.1 Å². The normalized spacial score (nSPS) is 12.3. The van der Waals surface area contributed by atoms with Crippen LogP contribution in [0.3, 0.4) is 0 Å². The van der Waals surface area contributed by atoms with E-state index in [9.17, 15) is 9.18 Å². The summed E-state index contributed by atoms with van der Waals surface area (Å²) in [6.45, 7) is 1.63. The number of aliphatic hydroxyl groups excluding tert-OH is 1. The number of hydrogen-bond donors (Lipinski definition) is 3. The lowest BCUT2D eigenvalue weighted by molar-refractivity contribution is 0.0922. The van der Waals surface area contributed by atoms with Crippen molar-refractivity contribution in [3.63, 3.8) is 0 Å². The van der Waals surface area contributed by atoms with Gasteiger partial charge in [0.2, 0.25) is 0 Å². The summed E-state index contributed by atoms with van der Waals surface area (Å²) in [5.41, 5.74) is 3.16. The number of aromatic nitrogens is 1. The average molecular weight is 312 g/mol. The summed E-state index contributed by atoms with van der Waals surface area (Å²) in [6, 6.07) is 11.5. The van der Waals surface area contributed by atoms with E-state index in [-0.39, 0.29) is 24.4 Å². The summed E-state index contributed by atoms with van der Waals surface area (Å²) in [5, 5.41) is 12.6. The van der Waals surface area contributed by atoms with Crippen molar-refractivity contribution in [2.75, 3.05) is 6.61 Å². The quantitative estimate of drug-likeness (QED) is 0.693. The van der Waals surface area contributed by atoms with Gasteiger partial charge in [-0.25, -0.2) is 4.39 Å². The second-order valence-electron chi connectivity index (χ2n) is 5.53. The Morgan fingerprint density at radius 1 is 1.26 bits per heavy atom. The van der Waals surface area contributed by atoms with Gasteiger partial charge in [0.1, 0.15) is 5.82 Å². The number of nitrogens with one attached hydrogen (secondary N) is 2. The van der Waals surface area contributed by atoms with Crippen molar-refractivity contribution in [2.24, 2.45) is 0 Å². The van der Waals surface area contributed by atoms with Crippen molar-refractivity contribution < 1.29 is 14.3 Å². The number of H-pyrrole nitrogens is 1. The van der Waals surface area contributed by atoms with E-state index in [1.54, 1.807) is 25.1 Å². The fourth-order valence-electron chi connectivity index (χ4n) is 2.49. The fraction of sp³-hybridized carbons (Fsp3) is 0.167. The Labute approximate surface area is 133 Å². The third kappa shape index (κ3) is 3.10. The molecular formula is C18H17FN2O2. The first kappa shape index (κ1) is 15.2. The van der Waals surface area contributed by atoms with Gasteiger partial charge in [0.15, 0.2) is 0 Å². The van der Waals surface area contributed by atoms with Gasteiger partial charge < -0.3 is 15.4 Å². The first-order valence-electron chi connectivity index (χ1n) is 7.37. The molecular weight excluding hydrogens is 295 g/mol. The number of benzene rings is 2. The second-order valence-corrected chi connectivity index (χ2v) is 5.53. The molecule has 0 radical (unpaired) electrons. The van der Waals surface area contributed by atoms with Gasteiger partial charge in [-0.2, -0.15) is 0 Å². The van der Waals surface area contributed by atoms with Crippen molar-refractivity contribution in [1.82, 2.24) is 10.3 Å². The SMILES string of the molecule is C[C@@H](CO)NC(=O)c1ccc(-c2c[nH]c3cc(F)ccc23)cc1. The van der Waals surface area contributed by atoms with Gasteiger partial charge in [-0.15, -0.1) is 0 Å². The summed E-state index contributed by atoms with van der Waals surface area (Å²) in [5.74, 6) is -0.505. The van der Waals surface area contributed by atoms with Gasteiger partial charge in [-0.05, 0) is 42.8 Å². The first-order valence-corrected chi connectivity index (χ1v) is 7.37. The molecule has 5 heteroatoms. The topological polar surface area (TPSA) is 65.1 Å². The molecule has 0 aliphatic carbocycles. The van der Waals surface area contributed by atoms with Crippen molar-refractivity contribution in [2.45, 2.75) is 13.0 Å². The molecule has 0 fully saturated rings. The highest BCUT2D eigenvalue weighted by atomic mass is 19.1. The molecule has 0 aliphatic rings. The van der Waals surface area contributed by atoms with E-state index >= 15 is 0 Å².